The lowest BCUT2D eigenvalue weighted by Gasteiger charge is -2.40. The highest BCUT2D eigenvalue weighted by atomic mass is 16.2. The van der Waals surface area contributed by atoms with Crippen molar-refractivity contribution in [3.63, 3.8) is 0 Å². The molecule has 9 heteroatoms. The number of rotatable bonds is 6. The summed E-state index contributed by atoms with van der Waals surface area (Å²) >= 11 is 0. The van der Waals surface area contributed by atoms with E-state index in [1.807, 2.05) is 29.2 Å². The second-order valence-corrected chi connectivity index (χ2v) is 8.47. The number of aryl methyl sites for hydroxylation is 2. The fraction of sp³-hybridized carbons (Fsp3) is 0.375. The van der Waals surface area contributed by atoms with Gasteiger partial charge in [0.1, 0.15) is 6.04 Å². The lowest BCUT2D eigenvalue weighted by Crippen LogP contribution is -2.59. The molecule has 2 N–H and O–H groups in total. The monoisotopic (exact) mass is 450 g/mol. The maximum atomic E-state index is 12.8. The molecule has 9 nitrogen and oxygen atoms in total. The standard InChI is InChI=1S/C24H30N6O3/c1-25-23(32)21-15-29(14-17-7-5-4-6-8-17)11-12-30(21)16-22(31)26-18-9-10-19-20(13-18)28(3)24(33)27(19)2/h4-10,13,21H,11-12,14-16H2,1-3H3,(H,25,32)(H,26,31)/t21-/m0/s1. The van der Waals surface area contributed by atoms with Gasteiger partial charge in [-0.25, -0.2) is 4.79 Å². The number of carbonyl (C=O) groups is 2. The fourth-order valence-corrected chi connectivity index (χ4v) is 4.44. The second kappa shape index (κ2) is 9.60. The first-order valence-electron chi connectivity index (χ1n) is 11.0. The van der Waals surface area contributed by atoms with Gasteiger partial charge in [0.15, 0.2) is 0 Å². The van der Waals surface area contributed by atoms with Crippen molar-refractivity contribution in [2.45, 2.75) is 12.6 Å². The number of hydrogen-bond acceptors (Lipinski definition) is 5. The Labute approximate surface area is 192 Å². The van der Waals surface area contributed by atoms with Crippen molar-refractivity contribution in [3.05, 3.63) is 64.6 Å². The predicted octanol–water partition coefficient (Wildman–Crippen LogP) is 0.748. The summed E-state index contributed by atoms with van der Waals surface area (Å²) in [5.41, 5.74) is 3.25. The van der Waals surface area contributed by atoms with Crippen LogP contribution < -0.4 is 16.3 Å². The minimum absolute atomic E-state index is 0.0960. The summed E-state index contributed by atoms with van der Waals surface area (Å²) in [5.74, 6) is -0.290. The van der Waals surface area contributed by atoms with E-state index in [-0.39, 0.29) is 24.0 Å². The first kappa shape index (κ1) is 22.8. The molecule has 0 aliphatic carbocycles. The van der Waals surface area contributed by atoms with Crippen molar-refractivity contribution in [1.82, 2.24) is 24.3 Å². The Bertz CT molecular complexity index is 1220. The number of benzene rings is 2. The van der Waals surface area contributed by atoms with Gasteiger partial charge in [-0.05, 0) is 23.8 Å². The maximum Gasteiger partial charge on any atom is 0.328 e. The van der Waals surface area contributed by atoms with Crippen LogP contribution in [0.15, 0.2) is 53.3 Å². The van der Waals surface area contributed by atoms with Gasteiger partial charge in [-0.3, -0.25) is 28.5 Å². The molecule has 1 fully saturated rings. The summed E-state index contributed by atoms with van der Waals surface area (Å²) in [6, 6.07) is 15.2. The van der Waals surface area contributed by atoms with Gasteiger partial charge in [-0.15, -0.1) is 0 Å². The molecule has 2 amide bonds. The molecule has 0 radical (unpaired) electrons. The Morgan fingerprint density at radius 2 is 1.73 bits per heavy atom. The van der Waals surface area contributed by atoms with Gasteiger partial charge in [0.2, 0.25) is 11.8 Å². The van der Waals surface area contributed by atoms with E-state index >= 15 is 0 Å². The summed E-state index contributed by atoms with van der Waals surface area (Å²) in [4.78, 5) is 41.7. The highest BCUT2D eigenvalue weighted by molar-refractivity contribution is 5.95. The van der Waals surface area contributed by atoms with Gasteiger partial charge >= 0.3 is 5.69 Å². The fourth-order valence-electron chi connectivity index (χ4n) is 4.44. The number of nitrogens with zero attached hydrogens (tertiary/aromatic N) is 4. The third-order valence-electron chi connectivity index (χ3n) is 6.28. The van der Waals surface area contributed by atoms with Crippen molar-refractivity contribution in [3.8, 4) is 0 Å². The zero-order valence-corrected chi connectivity index (χ0v) is 19.2. The van der Waals surface area contributed by atoms with E-state index in [1.165, 1.54) is 5.56 Å². The zero-order chi connectivity index (χ0) is 23.5. The number of anilines is 1. The maximum absolute atomic E-state index is 12.8. The molecule has 0 unspecified atom stereocenters. The van der Waals surface area contributed by atoms with Gasteiger partial charge in [0.25, 0.3) is 0 Å². The molecule has 1 saturated heterocycles. The van der Waals surface area contributed by atoms with Gasteiger partial charge in [0, 0.05) is 53.0 Å². The molecule has 4 rings (SSSR count). The van der Waals surface area contributed by atoms with E-state index < -0.39 is 6.04 Å². The predicted molar refractivity (Wildman–Crippen MR) is 128 cm³/mol. The summed E-state index contributed by atoms with van der Waals surface area (Å²) < 4.78 is 3.13. The minimum Gasteiger partial charge on any atom is -0.358 e. The largest absolute Gasteiger partial charge is 0.358 e. The Kier molecular flexibility index (Phi) is 6.62. The molecule has 3 aromatic rings. The molecule has 1 atom stereocenters. The van der Waals surface area contributed by atoms with Gasteiger partial charge < -0.3 is 10.6 Å². The second-order valence-electron chi connectivity index (χ2n) is 8.47. The number of nitrogens with one attached hydrogen (secondary N) is 2. The smallest absolute Gasteiger partial charge is 0.328 e. The molecule has 1 aromatic heterocycles. The Morgan fingerprint density at radius 3 is 2.45 bits per heavy atom. The molecule has 174 valence electrons. The Hall–Kier alpha value is -3.43. The van der Waals surface area contributed by atoms with Crippen LogP contribution >= 0.6 is 0 Å². The third kappa shape index (κ3) is 4.84. The molecular formula is C24H30N6O3. The van der Waals surface area contributed by atoms with Crippen molar-refractivity contribution in [1.29, 1.82) is 0 Å². The van der Waals surface area contributed by atoms with Crippen molar-refractivity contribution in [2.24, 2.45) is 14.1 Å². The Morgan fingerprint density at radius 1 is 1.00 bits per heavy atom. The molecular weight excluding hydrogens is 420 g/mol. The molecule has 0 bridgehead atoms. The van der Waals surface area contributed by atoms with Crippen LogP contribution in [0.3, 0.4) is 0 Å². The van der Waals surface area contributed by atoms with Crippen LogP contribution in [0.25, 0.3) is 11.0 Å². The summed E-state index contributed by atoms with van der Waals surface area (Å²) in [7, 11) is 5.05. The van der Waals surface area contributed by atoms with Gasteiger partial charge in [0.05, 0.1) is 17.6 Å². The average molecular weight is 451 g/mol. The summed E-state index contributed by atoms with van der Waals surface area (Å²) in [6.07, 6.45) is 0. The van der Waals surface area contributed by atoms with E-state index in [1.54, 1.807) is 42.4 Å². The van der Waals surface area contributed by atoms with Crippen LogP contribution in [0.1, 0.15) is 5.56 Å². The number of likely N-dealkylation sites (N-methyl/N-ethyl adjacent to an activating group) is 1. The van der Waals surface area contributed by atoms with Crippen LogP contribution in [-0.2, 0) is 30.2 Å². The van der Waals surface area contributed by atoms with Crippen LogP contribution in [0.4, 0.5) is 5.69 Å². The number of carbonyl (C=O) groups excluding carboxylic acids is 2. The molecule has 2 heterocycles. The molecule has 1 aliphatic heterocycles. The van der Waals surface area contributed by atoms with E-state index in [2.05, 4.69) is 27.7 Å². The van der Waals surface area contributed by atoms with E-state index in [0.717, 1.165) is 24.1 Å². The summed E-state index contributed by atoms with van der Waals surface area (Å²) in [5, 5.41) is 5.65. The number of hydrogen-bond donors (Lipinski definition) is 2. The van der Waals surface area contributed by atoms with Crippen molar-refractivity contribution in [2.75, 3.05) is 38.5 Å². The third-order valence-corrected chi connectivity index (χ3v) is 6.28. The topological polar surface area (TPSA) is 91.6 Å². The van der Waals surface area contributed by atoms with E-state index in [0.29, 0.717) is 18.8 Å². The van der Waals surface area contributed by atoms with Crippen LogP contribution in [0, 0.1) is 0 Å². The first-order valence-corrected chi connectivity index (χ1v) is 11.0. The lowest BCUT2D eigenvalue weighted by molar-refractivity contribution is -0.130. The average Bonchev–Trinajstić information content (AvgIpc) is 3.03. The van der Waals surface area contributed by atoms with E-state index in [4.69, 9.17) is 0 Å². The Balaban J connectivity index is 1.43. The number of fused-ring (bicyclic) bond motifs is 1. The zero-order valence-electron chi connectivity index (χ0n) is 19.2. The van der Waals surface area contributed by atoms with Gasteiger partial charge in [-0.1, -0.05) is 30.3 Å². The number of piperazine rings is 1. The molecule has 2 aromatic carbocycles. The van der Waals surface area contributed by atoms with Crippen LogP contribution in [0.2, 0.25) is 0 Å². The highest BCUT2D eigenvalue weighted by Gasteiger charge is 2.33. The summed E-state index contributed by atoms with van der Waals surface area (Å²) in [6.45, 7) is 2.82. The minimum atomic E-state index is -0.407. The van der Waals surface area contributed by atoms with Crippen LogP contribution in [0.5, 0.6) is 0 Å². The first-order chi connectivity index (χ1) is 15.9. The molecule has 33 heavy (non-hydrogen) atoms. The quantitative estimate of drug-likeness (QED) is 0.578. The van der Waals surface area contributed by atoms with Gasteiger partial charge in [-0.2, -0.15) is 0 Å². The number of aromatic nitrogens is 2. The normalized spacial score (nSPS) is 17.2. The molecule has 1 aliphatic rings. The van der Waals surface area contributed by atoms with Crippen molar-refractivity contribution < 1.29 is 9.59 Å². The number of amides is 2. The number of imidazole rings is 1. The SMILES string of the molecule is CNC(=O)[C@@H]1CN(Cc2ccccc2)CCN1CC(=O)Nc1ccc2c(c1)n(C)c(=O)n2C. The van der Waals surface area contributed by atoms with E-state index in [9.17, 15) is 14.4 Å². The molecule has 0 saturated carbocycles. The lowest BCUT2D eigenvalue weighted by atomic mass is 10.1. The highest BCUT2D eigenvalue weighted by Crippen LogP contribution is 2.18. The molecule has 0 spiro atoms. The van der Waals surface area contributed by atoms with Crippen LogP contribution in [-0.4, -0.2) is 70.0 Å². The van der Waals surface area contributed by atoms with Crippen molar-refractivity contribution >= 4 is 28.5 Å².